The van der Waals surface area contributed by atoms with E-state index >= 15 is 0 Å². The van der Waals surface area contributed by atoms with Gasteiger partial charge in [0.15, 0.2) is 0 Å². The Kier molecular flexibility index (Phi) is 5.25. The molecule has 0 radical (unpaired) electrons. The number of quaternary nitrogens is 1. The molecule has 1 aliphatic rings. The standard InChI is InChI=1S/C21H26N2O4S/c1-20(2)11-14-15(19(25)27-6)18(28-16(14)21(3,4)23-20)22-17(24)12-8-7-9-13(10-12)26-5/h7-10,23H,11H2,1-6H3,(H,22,24)/p+1. The number of carbonyl (C=O) groups is 2. The van der Waals surface area contributed by atoms with Crippen LogP contribution < -0.4 is 15.4 Å². The van der Waals surface area contributed by atoms with Crippen LogP contribution in [-0.4, -0.2) is 31.6 Å². The Morgan fingerprint density at radius 1 is 1.18 bits per heavy atom. The molecular weight excluding hydrogens is 376 g/mol. The molecule has 150 valence electrons. The molecule has 1 aromatic carbocycles. The summed E-state index contributed by atoms with van der Waals surface area (Å²) in [7, 11) is 2.92. The lowest BCUT2D eigenvalue weighted by atomic mass is 9.81. The molecule has 1 aliphatic heterocycles. The largest absolute Gasteiger partial charge is 0.497 e. The van der Waals surface area contributed by atoms with Crippen molar-refractivity contribution in [3.63, 3.8) is 0 Å². The Bertz CT molecular complexity index is 930. The van der Waals surface area contributed by atoms with E-state index < -0.39 is 5.97 Å². The number of hydrogen-bond acceptors (Lipinski definition) is 5. The summed E-state index contributed by atoms with van der Waals surface area (Å²) in [6.45, 7) is 8.59. The lowest BCUT2D eigenvalue weighted by molar-refractivity contribution is -0.789. The minimum absolute atomic E-state index is 0.0611. The monoisotopic (exact) mass is 403 g/mol. The number of fused-ring (bicyclic) bond motifs is 1. The minimum Gasteiger partial charge on any atom is -0.497 e. The van der Waals surface area contributed by atoms with Gasteiger partial charge in [-0.25, -0.2) is 4.79 Å². The number of ether oxygens (including phenoxy) is 2. The number of hydrogen-bond donors (Lipinski definition) is 2. The molecule has 2 heterocycles. The average molecular weight is 404 g/mol. The first kappa shape index (κ1) is 20.4. The third-order valence-corrected chi connectivity index (χ3v) is 6.41. The summed E-state index contributed by atoms with van der Waals surface area (Å²) < 4.78 is 10.2. The summed E-state index contributed by atoms with van der Waals surface area (Å²) >= 11 is 1.45. The average Bonchev–Trinajstić information content (AvgIpc) is 2.98. The molecule has 0 unspecified atom stereocenters. The number of amides is 1. The van der Waals surface area contributed by atoms with Gasteiger partial charge in [0.25, 0.3) is 5.91 Å². The fourth-order valence-corrected chi connectivity index (χ4v) is 5.32. The van der Waals surface area contributed by atoms with Gasteiger partial charge < -0.3 is 20.1 Å². The number of benzene rings is 1. The summed E-state index contributed by atoms with van der Waals surface area (Å²) in [6, 6.07) is 6.92. The Morgan fingerprint density at radius 2 is 1.89 bits per heavy atom. The maximum absolute atomic E-state index is 12.8. The Morgan fingerprint density at radius 3 is 2.54 bits per heavy atom. The molecule has 1 amide bonds. The van der Waals surface area contributed by atoms with Crippen molar-refractivity contribution in [2.75, 3.05) is 19.5 Å². The second-order valence-corrected chi connectivity index (χ2v) is 9.34. The van der Waals surface area contributed by atoms with Crippen LogP contribution in [0.3, 0.4) is 0 Å². The highest BCUT2D eigenvalue weighted by Crippen LogP contribution is 2.42. The summed E-state index contributed by atoms with van der Waals surface area (Å²) in [5.41, 5.74) is 1.63. The number of nitrogens with two attached hydrogens (primary N) is 1. The molecule has 0 saturated carbocycles. The molecule has 0 aliphatic carbocycles. The van der Waals surface area contributed by atoms with E-state index in [-0.39, 0.29) is 17.0 Å². The Hall–Kier alpha value is -2.38. The smallest absolute Gasteiger partial charge is 0.341 e. The third kappa shape index (κ3) is 3.77. The van der Waals surface area contributed by atoms with Gasteiger partial charge in [-0.1, -0.05) is 6.07 Å². The van der Waals surface area contributed by atoms with E-state index in [4.69, 9.17) is 9.47 Å². The number of carbonyl (C=O) groups excluding carboxylic acids is 2. The van der Waals surface area contributed by atoms with Gasteiger partial charge in [0.1, 0.15) is 16.3 Å². The second-order valence-electron chi connectivity index (χ2n) is 8.32. The van der Waals surface area contributed by atoms with Crippen molar-refractivity contribution < 1.29 is 24.4 Å². The number of esters is 1. The number of methoxy groups -OCH3 is 2. The predicted molar refractivity (Wildman–Crippen MR) is 109 cm³/mol. The Balaban J connectivity index is 2.05. The van der Waals surface area contributed by atoms with Gasteiger partial charge in [0, 0.05) is 12.0 Å². The van der Waals surface area contributed by atoms with Gasteiger partial charge >= 0.3 is 5.97 Å². The molecule has 0 atom stereocenters. The first-order valence-electron chi connectivity index (χ1n) is 9.15. The van der Waals surface area contributed by atoms with E-state index in [9.17, 15) is 9.59 Å². The summed E-state index contributed by atoms with van der Waals surface area (Å²) in [4.78, 5) is 26.5. The molecule has 0 bridgehead atoms. The summed E-state index contributed by atoms with van der Waals surface area (Å²) in [5, 5.41) is 5.77. The molecule has 1 aromatic heterocycles. The SMILES string of the molecule is COC(=O)c1c(NC(=O)c2cccc(OC)c2)sc2c1CC(C)(C)[NH2+]C2(C)C. The molecule has 2 aromatic rings. The van der Waals surface area contributed by atoms with E-state index in [1.54, 1.807) is 31.4 Å². The molecule has 0 spiro atoms. The van der Waals surface area contributed by atoms with E-state index in [1.165, 1.54) is 18.4 Å². The van der Waals surface area contributed by atoms with Crippen molar-refractivity contribution in [2.24, 2.45) is 0 Å². The number of nitrogens with one attached hydrogen (secondary N) is 1. The van der Waals surface area contributed by atoms with Crippen molar-refractivity contribution in [2.45, 2.75) is 45.2 Å². The zero-order valence-electron chi connectivity index (χ0n) is 17.1. The highest BCUT2D eigenvalue weighted by atomic mass is 32.1. The maximum Gasteiger partial charge on any atom is 0.341 e. The van der Waals surface area contributed by atoms with Crippen LogP contribution in [0.1, 0.15) is 58.9 Å². The van der Waals surface area contributed by atoms with Gasteiger partial charge in [0.05, 0.1) is 30.2 Å². The lowest BCUT2D eigenvalue weighted by Crippen LogP contribution is -3.03. The van der Waals surface area contributed by atoms with Crippen LogP contribution in [0.25, 0.3) is 0 Å². The zero-order valence-corrected chi connectivity index (χ0v) is 18.0. The highest BCUT2D eigenvalue weighted by Gasteiger charge is 2.45. The van der Waals surface area contributed by atoms with Gasteiger partial charge in [-0.3, -0.25) is 4.79 Å². The lowest BCUT2D eigenvalue weighted by Gasteiger charge is -2.38. The fourth-order valence-electron chi connectivity index (χ4n) is 4.05. The molecule has 3 rings (SSSR count). The van der Waals surface area contributed by atoms with Crippen molar-refractivity contribution in [3.05, 3.63) is 45.8 Å². The predicted octanol–water partition coefficient (Wildman–Crippen LogP) is 2.93. The van der Waals surface area contributed by atoms with E-state index in [2.05, 4.69) is 38.3 Å². The highest BCUT2D eigenvalue weighted by molar-refractivity contribution is 7.17. The molecular formula is C21H27N2O4S+. The van der Waals surface area contributed by atoms with Crippen LogP contribution in [0.2, 0.25) is 0 Å². The van der Waals surface area contributed by atoms with Crippen LogP contribution in [-0.2, 0) is 16.7 Å². The zero-order chi connectivity index (χ0) is 20.7. The first-order valence-corrected chi connectivity index (χ1v) is 9.96. The molecule has 0 saturated heterocycles. The molecule has 7 heteroatoms. The minimum atomic E-state index is -0.424. The van der Waals surface area contributed by atoms with Gasteiger partial charge in [0.2, 0.25) is 0 Å². The van der Waals surface area contributed by atoms with Crippen LogP contribution in [0.4, 0.5) is 5.00 Å². The number of anilines is 1. The quantitative estimate of drug-likeness (QED) is 0.769. The third-order valence-electron chi connectivity index (χ3n) is 4.92. The topological polar surface area (TPSA) is 81.2 Å². The molecule has 28 heavy (non-hydrogen) atoms. The number of thiophene rings is 1. The van der Waals surface area contributed by atoms with Crippen LogP contribution in [0.5, 0.6) is 5.75 Å². The van der Waals surface area contributed by atoms with Crippen molar-refractivity contribution in [1.29, 1.82) is 0 Å². The molecule has 0 fully saturated rings. The molecule has 3 N–H and O–H groups in total. The normalized spacial score (nSPS) is 16.8. The van der Waals surface area contributed by atoms with Crippen molar-refractivity contribution in [3.8, 4) is 5.75 Å². The van der Waals surface area contributed by atoms with Gasteiger partial charge in [-0.15, -0.1) is 11.3 Å². The Labute approximate surface area is 169 Å². The van der Waals surface area contributed by atoms with Gasteiger partial charge in [-0.2, -0.15) is 0 Å². The second kappa shape index (κ2) is 7.22. The van der Waals surface area contributed by atoms with E-state index in [0.29, 0.717) is 21.9 Å². The van der Waals surface area contributed by atoms with Crippen LogP contribution in [0, 0.1) is 0 Å². The number of rotatable bonds is 4. The van der Waals surface area contributed by atoms with Crippen LogP contribution in [0.15, 0.2) is 24.3 Å². The van der Waals surface area contributed by atoms with E-state index in [0.717, 1.165) is 16.9 Å². The summed E-state index contributed by atoms with van der Waals surface area (Å²) in [5.74, 6) is -0.112. The summed E-state index contributed by atoms with van der Waals surface area (Å²) in [6.07, 6.45) is 0.724. The molecule has 6 nitrogen and oxygen atoms in total. The van der Waals surface area contributed by atoms with Gasteiger partial charge in [-0.05, 0) is 51.5 Å². The van der Waals surface area contributed by atoms with E-state index in [1.807, 2.05) is 0 Å². The van der Waals surface area contributed by atoms with Crippen molar-refractivity contribution >= 4 is 28.2 Å². The van der Waals surface area contributed by atoms with Crippen LogP contribution >= 0.6 is 11.3 Å². The van der Waals surface area contributed by atoms with Crippen molar-refractivity contribution in [1.82, 2.24) is 0 Å². The maximum atomic E-state index is 12.8. The fraction of sp³-hybridized carbons (Fsp3) is 0.429. The first-order chi connectivity index (χ1) is 13.1.